The van der Waals surface area contributed by atoms with Crippen molar-refractivity contribution in [3.63, 3.8) is 0 Å². The monoisotopic (exact) mass is 92.0 g/mol. The van der Waals surface area contributed by atoms with Crippen molar-refractivity contribution < 1.29 is 19.9 Å². The minimum Gasteiger partial charge on any atom is -0.364 e. The van der Waals surface area contributed by atoms with Crippen molar-refractivity contribution in [1.82, 2.24) is 0 Å². The smallest absolute Gasteiger partial charge is 0.218 e. The third-order valence-corrected chi connectivity index (χ3v) is 0.409. The third-order valence-electron chi connectivity index (χ3n) is 0.409. The van der Waals surface area contributed by atoms with Crippen molar-refractivity contribution in [1.29, 1.82) is 0 Å². The average Bonchev–Trinajstić information content (AvgIpc) is 1.86. The Balaban J connectivity index is 2.18. The van der Waals surface area contributed by atoms with E-state index in [1.165, 1.54) is 0 Å². The zero-order valence-corrected chi connectivity index (χ0v) is 2.96. The van der Waals surface area contributed by atoms with E-state index in [0.717, 1.165) is 0 Å². The Hall–Kier alpha value is -0.160. The Morgan fingerprint density at radius 2 is 2.50 bits per heavy atom. The summed E-state index contributed by atoms with van der Waals surface area (Å²) >= 11 is 0. The molecule has 1 aliphatic rings. The van der Waals surface area contributed by atoms with E-state index in [-0.39, 0.29) is 6.61 Å². The highest BCUT2D eigenvalue weighted by Gasteiger charge is 2.13. The predicted molar refractivity (Wildman–Crippen MR) is 14.1 cm³/mol. The van der Waals surface area contributed by atoms with E-state index in [2.05, 4.69) is 14.8 Å². The first kappa shape index (κ1) is 4.01. The van der Waals surface area contributed by atoms with Gasteiger partial charge in [-0.15, -0.1) is 0 Å². The largest absolute Gasteiger partial charge is 0.364 e. The van der Waals surface area contributed by atoms with Crippen LogP contribution in [0.1, 0.15) is 0 Å². The van der Waals surface area contributed by atoms with Crippen LogP contribution >= 0.6 is 0 Å². The zero-order chi connectivity index (χ0) is 4.41. The second-order valence-corrected chi connectivity index (χ2v) is 0.903. The Morgan fingerprint density at radius 3 is 2.67 bits per heavy atom. The first-order valence-corrected chi connectivity index (χ1v) is 1.52. The Bertz CT molecular complexity index is 38.8. The van der Waals surface area contributed by atoms with Crippen molar-refractivity contribution in [2.45, 2.75) is 6.29 Å². The molecule has 0 radical (unpaired) electrons. The van der Waals surface area contributed by atoms with E-state index in [9.17, 15) is 0 Å². The van der Waals surface area contributed by atoms with Crippen LogP contribution in [0, 0.1) is 0 Å². The van der Waals surface area contributed by atoms with E-state index < -0.39 is 6.29 Å². The van der Waals surface area contributed by atoms with Crippen LogP contribution in [0.2, 0.25) is 0 Å². The molecule has 0 unspecified atom stereocenters. The lowest BCUT2D eigenvalue weighted by atomic mass is 10.7. The molecule has 0 aromatic carbocycles. The Kier molecular flexibility index (Phi) is 1.02. The molecule has 36 valence electrons. The van der Waals surface area contributed by atoms with E-state index in [4.69, 9.17) is 5.11 Å². The predicted octanol–water partition coefficient (Wildman–Crippen LogP) is -0.802. The summed E-state index contributed by atoms with van der Waals surface area (Å²) in [6, 6.07) is 0. The van der Waals surface area contributed by atoms with Crippen LogP contribution in [0.4, 0.5) is 0 Å². The van der Waals surface area contributed by atoms with Gasteiger partial charge in [-0.05, 0) is 0 Å². The second-order valence-electron chi connectivity index (χ2n) is 0.903. The van der Waals surface area contributed by atoms with Gasteiger partial charge in [-0.3, -0.25) is 0 Å². The van der Waals surface area contributed by atoms with E-state index in [0.29, 0.717) is 0 Å². The summed E-state index contributed by atoms with van der Waals surface area (Å²) in [5.74, 6) is 0. The molecule has 0 aromatic rings. The molecular weight excluding hydrogens is 88.0 g/mol. The number of aliphatic hydroxyl groups excluding tert-OH is 1. The number of rotatable bonds is 0. The van der Waals surface area contributed by atoms with Gasteiger partial charge < -0.3 is 5.11 Å². The molecule has 1 atom stereocenters. The van der Waals surface area contributed by atoms with Gasteiger partial charge in [0.05, 0.1) is 0 Å². The van der Waals surface area contributed by atoms with Gasteiger partial charge in [-0.25, -0.2) is 4.89 Å². The standard InChI is InChI=1S/C2H4O4/c3-2-1-4-6-5-2/h2-3H,1H2/t2-/m0/s1. The summed E-state index contributed by atoms with van der Waals surface area (Å²) in [4.78, 5) is 8.07. The van der Waals surface area contributed by atoms with Gasteiger partial charge in [0.2, 0.25) is 6.29 Å². The first-order valence-electron chi connectivity index (χ1n) is 1.52. The number of aliphatic hydroxyl groups is 1. The highest BCUT2D eigenvalue weighted by molar-refractivity contribution is 4.29. The topological polar surface area (TPSA) is 47.9 Å². The van der Waals surface area contributed by atoms with Crippen LogP contribution in [0.3, 0.4) is 0 Å². The molecule has 1 rings (SSSR count). The second kappa shape index (κ2) is 1.53. The van der Waals surface area contributed by atoms with Crippen LogP contribution in [-0.4, -0.2) is 18.0 Å². The lowest BCUT2D eigenvalue weighted by Gasteiger charge is -1.85. The quantitative estimate of drug-likeness (QED) is 0.397. The molecule has 0 bridgehead atoms. The molecule has 1 heterocycles. The van der Waals surface area contributed by atoms with Crippen molar-refractivity contribution >= 4 is 0 Å². The highest BCUT2D eigenvalue weighted by atomic mass is 17.5. The van der Waals surface area contributed by atoms with Gasteiger partial charge in [0, 0.05) is 0 Å². The lowest BCUT2D eigenvalue weighted by molar-refractivity contribution is -0.470. The number of hydrogen-bond acceptors (Lipinski definition) is 4. The molecule has 1 aliphatic heterocycles. The first-order chi connectivity index (χ1) is 2.89. The molecule has 0 spiro atoms. The summed E-state index contributed by atoms with van der Waals surface area (Å²) in [7, 11) is 0. The van der Waals surface area contributed by atoms with Crippen molar-refractivity contribution in [3.8, 4) is 0 Å². The maximum absolute atomic E-state index is 8.26. The van der Waals surface area contributed by atoms with Crippen LogP contribution in [0.15, 0.2) is 0 Å². The molecule has 0 aliphatic carbocycles. The van der Waals surface area contributed by atoms with Crippen molar-refractivity contribution in [2.24, 2.45) is 0 Å². The fourth-order valence-corrected chi connectivity index (χ4v) is 0.187. The summed E-state index contributed by atoms with van der Waals surface area (Å²) < 4.78 is 0. The van der Waals surface area contributed by atoms with Gasteiger partial charge in [0.25, 0.3) is 0 Å². The van der Waals surface area contributed by atoms with Crippen LogP contribution in [0.5, 0.6) is 0 Å². The summed E-state index contributed by atoms with van der Waals surface area (Å²) in [6.45, 7) is 0.0972. The Morgan fingerprint density at radius 1 is 1.67 bits per heavy atom. The molecule has 0 aromatic heterocycles. The molecule has 0 amide bonds. The molecule has 4 nitrogen and oxygen atoms in total. The SMILES string of the molecule is O[C@@H]1COOO1. The molecule has 0 saturated carbocycles. The van der Waals surface area contributed by atoms with E-state index in [1.807, 2.05) is 0 Å². The van der Waals surface area contributed by atoms with Crippen molar-refractivity contribution in [2.75, 3.05) is 6.61 Å². The minimum atomic E-state index is -0.898. The van der Waals surface area contributed by atoms with Gasteiger partial charge >= 0.3 is 0 Å². The van der Waals surface area contributed by atoms with Crippen LogP contribution < -0.4 is 0 Å². The molecule has 1 N–H and O–H groups in total. The summed E-state index contributed by atoms with van der Waals surface area (Å²) in [6.07, 6.45) is -0.898. The molecule has 6 heavy (non-hydrogen) atoms. The minimum absolute atomic E-state index is 0.0972. The number of hydrogen-bond donors (Lipinski definition) is 1. The fraction of sp³-hybridized carbons (Fsp3) is 1.00. The summed E-state index contributed by atoms with van der Waals surface area (Å²) in [5, 5.41) is 12.1. The van der Waals surface area contributed by atoms with Gasteiger partial charge in [0.15, 0.2) is 0 Å². The molecule has 1 saturated heterocycles. The third kappa shape index (κ3) is 0.662. The van der Waals surface area contributed by atoms with Gasteiger partial charge in [-0.2, -0.15) is 4.89 Å². The van der Waals surface area contributed by atoms with E-state index >= 15 is 0 Å². The lowest BCUT2D eigenvalue weighted by Crippen LogP contribution is -2.05. The van der Waals surface area contributed by atoms with Crippen LogP contribution in [0.25, 0.3) is 0 Å². The maximum atomic E-state index is 8.26. The Labute approximate surface area is 34.1 Å². The molecular formula is C2H4O4. The molecule has 1 fully saturated rings. The normalized spacial score (nSPS) is 34.5. The highest BCUT2D eigenvalue weighted by Crippen LogP contribution is 1.98. The van der Waals surface area contributed by atoms with Crippen molar-refractivity contribution in [3.05, 3.63) is 0 Å². The fourth-order valence-electron chi connectivity index (χ4n) is 0.187. The summed E-state index contributed by atoms with van der Waals surface area (Å²) in [5.41, 5.74) is 0. The average molecular weight is 92.0 g/mol. The maximum Gasteiger partial charge on any atom is 0.218 e. The van der Waals surface area contributed by atoms with E-state index in [1.54, 1.807) is 0 Å². The van der Waals surface area contributed by atoms with Gasteiger partial charge in [0.1, 0.15) is 6.61 Å². The molecule has 4 heteroatoms. The zero-order valence-electron chi connectivity index (χ0n) is 2.96. The van der Waals surface area contributed by atoms with Gasteiger partial charge in [-0.1, -0.05) is 5.04 Å². The van der Waals surface area contributed by atoms with Crippen LogP contribution in [-0.2, 0) is 14.8 Å².